The van der Waals surface area contributed by atoms with E-state index in [0.29, 0.717) is 19.3 Å². The van der Waals surface area contributed by atoms with Gasteiger partial charge < -0.3 is 24.3 Å². The molecule has 2 fully saturated rings. The monoisotopic (exact) mass is 399 g/mol. The molecule has 0 radical (unpaired) electrons. The second-order valence-corrected chi connectivity index (χ2v) is 7.12. The maximum atomic E-state index is 5.95. The average Bonchev–Trinajstić information content (AvgIpc) is 3.32. The lowest BCUT2D eigenvalue weighted by Gasteiger charge is -2.32. The molecule has 0 amide bonds. The molecule has 2 saturated heterocycles. The lowest BCUT2D eigenvalue weighted by molar-refractivity contribution is 0.144. The van der Waals surface area contributed by atoms with Crippen LogP contribution in [-0.4, -0.2) is 82.2 Å². The molecule has 3 aliphatic rings. The van der Waals surface area contributed by atoms with E-state index in [1.807, 2.05) is 6.07 Å². The lowest BCUT2D eigenvalue weighted by atomic mass is 10.1. The first-order valence-corrected chi connectivity index (χ1v) is 9.55. The van der Waals surface area contributed by atoms with Gasteiger partial charge in [0.1, 0.15) is 12.4 Å². The van der Waals surface area contributed by atoms with Crippen molar-refractivity contribution in [3.05, 3.63) is 17.7 Å². The summed E-state index contributed by atoms with van der Waals surface area (Å²) in [7, 11) is 1.68. The summed E-state index contributed by atoms with van der Waals surface area (Å²) in [4.78, 5) is 5.15. The van der Waals surface area contributed by atoms with Crippen LogP contribution in [0.5, 0.6) is 17.2 Å². The van der Waals surface area contributed by atoms with E-state index < -0.39 is 0 Å². The predicted octanol–water partition coefficient (Wildman–Crippen LogP) is 1.34. The van der Waals surface area contributed by atoms with Crippen molar-refractivity contribution < 1.29 is 18.9 Å². The summed E-state index contributed by atoms with van der Waals surface area (Å²) in [6.07, 6.45) is 1.24. The Bertz CT molecular complexity index is 613. The fourth-order valence-electron chi connectivity index (χ4n) is 4.00. The van der Waals surface area contributed by atoms with Crippen LogP contribution in [0, 0.1) is 0 Å². The molecule has 0 spiro atoms. The summed E-state index contributed by atoms with van der Waals surface area (Å²) < 4.78 is 22.1. The van der Waals surface area contributed by atoms with Gasteiger partial charge in [-0.2, -0.15) is 0 Å². The standard InChI is InChI=1S/C19H29N3O4.ClH/c1-23-8-9-24-17-11-19-18(25-14-26-19)10-15(17)12-21-5-2-16(13-21)22-6-3-20-4-7-22;/h10-11,16,20H,2-9,12-14H2,1H3;1H. The second-order valence-electron chi connectivity index (χ2n) is 7.12. The maximum Gasteiger partial charge on any atom is 0.231 e. The third kappa shape index (κ3) is 4.97. The summed E-state index contributed by atoms with van der Waals surface area (Å²) >= 11 is 0. The number of rotatable bonds is 7. The zero-order chi connectivity index (χ0) is 17.8. The zero-order valence-corrected chi connectivity index (χ0v) is 16.8. The summed E-state index contributed by atoms with van der Waals surface area (Å²) in [5.74, 6) is 2.45. The molecule has 1 unspecified atom stereocenters. The fraction of sp³-hybridized carbons (Fsp3) is 0.684. The lowest BCUT2D eigenvalue weighted by Crippen LogP contribution is -2.49. The number of hydrogen-bond donors (Lipinski definition) is 1. The first-order valence-electron chi connectivity index (χ1n) is 9.55. The van der Waals surface area contributed by atoms with Gasteiger partial charge in [-0.3, -0.25) is 9.80 Å². The van der Waals surface area contributed by atoms with Crippen LogP contribution in [0.3, 0.4) is 0 Å². The van der Waals surface area contributed by atoms with Crippen molar-refractivity contribution in [1.29, 1.82) is 0 Å². The number of fused-ring (bicyclic) bond motifs is 1. The van der Waals surface area contributed by atoms with Gasteiger partial charge in [0.05, 0.1) is 6.61 Å². The van der Waals surface area contributed by atoms with E-state index in [0.717, 1.165) is 68.6 Å². The van der Waals surface area contributed by atoms with E-state index in [2.05, 4.69) is 21.2 Å². The van der Waals surface area contributed by atoms with Gasteiger partial charge in [0.15, 0.2) is 11.5 Å². The van der Waals surface area contributed by atoms with Crippen LogP contribution in [0.4, 0.5) is 0 Å². The Morgan fingerprint density at radius 2 is 1.89 bits per heavy atom. The Hall–Kier alpha value is -1.25. The number of nitrogens with one attached hydrogen (secondary N) is 1. The first kappa shape index (κ1) is 20.5. The van der Waals surface area contributed by atoms with Crippen LogP contribution >= 0.6 is 12.4 Å². The quantitative estimate of drug-likeness (QED) is 0.694. The third-order valence-corrected chi connectivity index (χ3v) is 5.41. The molecule has 4 rings (SSSR count). The largest absolute Gasteiger partial charge is 0.491 e. The molecule has 3 aliphatic heterocycles. The Morgan fingerprint density at radius 1 is 1.11 bits per heavy atom. The molecule has 1 aromatic rings. The minimum Gasteiger partial charge on any atom is -0.491 e. The molecule has 152 valence electrons. The van der Waals surface area contributed by atoms with Crippen molar-refractivity contribution in [3.63, 3.8) is 0 Å². The van der Waals surface area contributed by atoms with Gasteiger partial charge in [-0.25, -0.2) is 0 Å². The summed E-state index contributed by atoms with van der Waals surface area (Å²) in [5, 5.41) is 3.44. The fourth-order valence-corrected chi connectivity index (χ4v) is 4.00. The molecule has 1 aromatic carbocycles. The molecule has 0 aromatic heterocycles. The molecule has 1 atom stereocenters. The van der Waals surface area contributed by atoms with E-state index in [9.17, 15) is 0 Å². The van der Waals surface area contributed by atoms with Crippen LogP contribution in [0.1, 0.15) is 12.0 Å². The molecule has 8 heteroatoms. The van der Waals surface area contributed by atoms with E-state index in [-0.39, 0.29) is 19.2 Å². The Balaban J connectivity index is 0.00000210. The number of hydrogen-bond acceptors (Lipinski definition) is 7. The number of benzene rings is 1. The summed E-state index contributed by atoms with van der Waals surface area (Å²) in [6, 6.07) is 4.70. The van der Waals surface area contributed by atoms with E-state index in [1.54, 1.807) is 7.11 Å². The van der Waals surface area contributed by atoms with Crippen molar-refractivity contribution >= 4 is 12.4 Å². The predicted molar refractivity (Wildman–Crippen MR) is 105 cm³/mol. The van der Waals surface area contributed by atoms with Crippen molar-refractivity contribution in [1.82, 2.24) is 15.1 Å². The summed E-state index contributed by atoms with van der Waals surface area (Å²) in [6.45, 7) is 9.04. The second kappa shape index (κ2) is 9.80. The first-order chi connectivity index (χ1) is 12.8. The highest BCUT2D eigenvalue weighted by Crippen LogP contribution is 2.39. The molecular weight excluding hydrogens is 370 g/mol. The van der Waals surface area contributed by atoms with Gasteiger partial charge in [-0.1, -0.05) is 0 Å². The van der Waals surface area contributed by atoms with Gasteiger partial charge in [-0.05, 0) is 12.5 Å². The molecule has 27 heavy (non-hydrogen) atoms. The van der Waals surface area contributed by atoms with Gasteiger partial charge in [-0.15, -0.1) is 12.4 Å². The Morgan fingerprint density at radius 3 is 2.67 bits per heavy atom. The highest BCUT2D eigenvalue weighted by atomic mass is 35.5. The molecule has 0 saturated carbocycles. The number of halogens is 1. The van der Waals surface area contributed by atoms with Crippen molar-refractivity contribution in [2.24, 2.45) is 0 Å². The molecule has 7 nitrogen and oxygen atoms in total. The van der Waals surface area contributed by atoms with Crippen LogP contribution in [0.2, 0.25) is 0 Å². The highest BCUT2D eigenvalue weighted by Gasteiger charge is 2.29. The normalized spacial score (nSPS) is 22.6. The van der Waals surface area contributed by atoms with Crippen molar-refractivity contribution in [2.45, 2.75) is 19.0 Å². The molecule has 3 heterocycles. The van der Waals surface area contributed by atoms with Gasteiger partial charge in [0, 0.05) is 70.6 Å². The van der Waals surface area contributed by atoms with Crippen molar-refractivity contribution in [3.8, 4) is 17.2 Å². The number of piperazine rings is 1. The average molecular weight is 400 g/mol. The van der Waals surface area contributed by atoms with Crippen LogP contribution < -0.4 is 19.5 Å². The number of nitrogens with zero attached hydrogens (tertiary/aromatic N) is 2. The smallest absolute Gasteiger partial charge is 0.231 e. The molecule has 0 aliphatic carbocycles. The van der Waals surface area contributed by atoms with E-state index >= 15 is 0 Å². The Kier molecular flexibility index (Phi) is 7.43. The van der Waals surface area contributed by atoms with E-state index in [4.69, 9.17) is 18.9 Å². The molecule has 1 N–H and O–H groups in total. The summed E-state index contributed by atoms with van der Waals surface area (Å²) in [5.41, 5.74) is 1.16. The third-order valence-electron chi connectivity index (χ3n) is 5.41. The van der Waals surface area contributed by atoms with Gasteiger partial charge in [0.25, 0.3) is 0 Å². The Labute approximate surface area is 167 Å². The van der Waals surface area contributed by atoms with Crippen LogP contribution in [0.25, 0.3) is 0 Å². The zero-order valence-electron chi connectivity index (χ0n) is 15.9. The van der Waals surface area contributed by atoms with Crippen molar-refractivity contribution in [2.75, 3.05) is 66.4 Å². The number of ether oxygens (including phenoxy) is 4. The maximum absolute atomic E-state index is 5.95. The van der Waals surface area contributed by atoms with Gasteiger partial charge in [0.2, 0.25) is 6.79 Å². The molecule has 0 bridgehead atoms. The number of likely N-dealkylation sites (tertiary alicyclic amines) is 1. The minimum atomic E-state index is 0. The van der Waals surface area contributed by atoms with E-state index in [1.165, 1.54) is 6.42 Å². The van der Waals surface area contributed by atoms with Crippen LogP contribution in [-0.2, 0) is 11.3 Å². The minimum absolute atomic E-state index is 0. The SMILES string of the molecule is COCCOc1cc2c(cc1CN1CCC(N3CCNCC3)C1)OCO2.Cl. The van der Waals surface area contributed by atoms with Crippen LogP contribution in [0.15, 0.2) is 12.1 Å². The van der Waals surface area contributed by atoms with Gasteiger partial charge >= 0.3 is 0 Å². The molecular formula is C19H30ClN3O4. The number of methoxy groups -OCH3 is 1. The topological polar surface area (TPSA) is 55.4 Å². The highest BCUT2D eigenvalue weighted by molar-refractivity contribution is 5.85.